The summed E-state index contributed by atoms with van der Waals surface area (Å²) in [7, 11) is 0. The number of hydrogen-bond donors (Lipinski definition) is 0. The Morgan fingerprint density at radius 2 is 2.17 bits per heavy atom. The van der Waals surface area contributed by atoms with E-state index >= 15 is 0 Å². The summed E-state index contributed by atoms with van der Waals surface area (Å²) in [6.07, 6.45) is 3.07. The van der Waals surface area contributed by atoms with Crippen LogP contribution >= 0.6 is 11.3 Å². The molecule has 0 unspecified atom stereocenters. The highest BCUT2D eigenvalue weighted by atomic mass is 32.1. The molecule has 2 aromatic heterocycles. The lowest BCUT2D eigenvalue weighted by atomic mass is 10.1. The fourth-order valence-corrected chi connectivity index (χ4v) is 2.43. The molecular formula is C13H9NO3S. The van der Waals surface area contributed by atoms with Crippen molar-refractivity contribution in [3.05, 3.63) is 57.3 Å². The van der Waals surface area contributed by atoms with Gasteiger partial charge in [-0.2, -0.15) is 0 Å². The molecule has 1 aromatic carbocycles. The molecule has 0 amide bonds. The number of furan rings is 1. The summed E-state index contributed by atoms with van der Waals surface area (Å²) >= 11 is 1.08. The number of carbonyl (C=O) groups is 1. The maximum absolute atomic E-state index is 12.1. The molecule has 0 saturated heterocycles. The van der Waals surface area contributed by atoms with Crippen molar-refractivity contribution in [3.63, 3.8) is 0 Å². The first-order valence-electron chi connectivity index (χ1n) is 5.39. The second-order valence-corrected chi connectivity index (χ2v) is 4.72. The van der Waals surface area contributed by atoms with Crippen LogP contribution in [0.15, 0.2) is 51.3 Å². The molecule has 0 saturated carbocycles. The summed E-state index contributed by atoms with van der Waals surface area (Å²) in [5.74, 6) is -0.125. The molecule has 3 rings (SSSR count). The average Bonchev–Trinajstić information content (AvgIpc) is 2.96. The van der Waals surface area contributed by atoms with Gasteiger partial charge in [0, 0.05) is 17.0 Å². The second kappa shape index (κ2) is 4.27. The fraction of sp³-hybridized carbons (Fsp3) is 0.0769. The van der Waals surface area contributed by atoms with Gasteiger partial charge in [-0.15, -0.1) is 0 Å². The number of Topliss-reactive ketones (excluding diaryl/α,β-unsaturated/α-hetero) is 1. The van der Waals surface area contributed by atoms with E-state index in [1.807, 2.05) is 24.3 Å². The van der Waals surface area contributed by atoms with Crippen molar-refractivity contribution in [1.82, 2.24) is 4.57 Å². The van der Waals surface area contributed by atoms with Crippen molar-refractivity contribution in [2.45, 2.75) is 6.54 Å². The molecule has 0 aliphatic rings. The molecule has 0 spiro atoms. The Morgan fingerprint density at radius 1 is 1.33 bits per heavy atom. The number of carbonyl (C=O) groups excluding carboxylic acids is 1. The van der Waals surface area contributed by atoms with Gasteiger partial charge in [0.25, 0.3) is 0 Å². The van der Waals surface area contributed by atoms with Gasteiger partial charge < -0.3 is 4.42 Å². The van der Waals surface area contributed by atoms with Crippen molar-refractivity contribution < 1.29 is 9.21 Å². The molecule has 0 N–H and O–H groups in total. The molecule has 4 nitrogen and oxygen atoms in total. The average molecular weight is 259 g/mol. The normalized spacial score (nSPS) is 10.9. The van der Waals surface area contributed by atoms with Crippen LogP contribution < -0.4 is 4.87 Å². The van der Waals surface area contributed by atoms with Crippen LogP contribution in [0.3, 0.4) is 0 Å². The van der Waals surface area contributed by atoms with Crippen LogP contribution in [0.25, 0.3) is 11.0 Å². The zero-order valence-corrected chi connectivity index (χ0v) is 10.1. The maximum atomic E-state index is 12.1. The van der Waals surface area contributed by atoms with Gasteiger partial charge >= 0.3 is 4.87 Å². The minimum atomic E-state index is -0.129. The van der Waals surface area contributed by atoms with E-state index in [0.717, 1.165) is 16.7 Å². The zero-order chi connectivity index (χ0) is 12.5. The number of thiazole rings is 1. The van der Waals surface area contributed by atoms with Crippen molar-refractivity contribution in [2.24, 2.45) is 0 Å². The first-order valence-corrected chi connectivity index (χ1v) is 6.27. The van der Waals surface area contributed by atoms with Crippen molar-refractivity contribution in [2.75, 3.05) is 0 Å². The van der Waals surface area contributed by atoms with Crippen LogP contribution in [-0.4, -0.2) is 10.4 Å². The quantitative estimate of drug-likeness (QED) is 0.679. The van der Waals surface area contributed by atoms with Crippen LogP contribution in [0.1, 0.15) is 10.4 Å². The lowest BCUT2D eigenvalue weighted by molar-refractivity contribution is 0.0972. The number of rotatable bonds is 3. The van der Waals surface area contributed by atoms with Gasteiger partial charge in [0.15, 0.2) is 5.78 Å². The minimum absolute atomic E-state index is 0.0475. The summed E-state index contributed by atoms with van der Waals surface area (Å²) in [5.41, 5.74) is 1.20. The number of aromatic nitrogens is 1. The van der Waals surface area contributed by atoms with Crippen LogP contribution in [0.5, 0.6) is 0 Å². The zero-order valence-electron chi connectivity index (χ0n) is 9.33. The fourth-order valence-electron chi connectivity index (χ4n) is 1.84. The third-order valence-electron chi connectivity index (χ3n) is 2.74. The topological polar surface area (TPSA) is 52.2 Å². The van der Waals surface area contributed by atoms with Crippen LogP contribution in [-0.2, 0) is 6.54 Å². The van der Waals surface area contributed by atoms with E-state index in [-0.39, 0.29) is 17.2 Å². The van der Waals surface area contributed by atoms with Gasteiger partial charge in [0.1, 0.15) is 11.8 Å². The van der Waals surface area contributed by atoms with Gasteiger partial charge in [0.2, 0.25) is 0 Å². The molecule has 0 aliphatic heterocycles. The third kappa shape index (κ3) is 1.78. The highest BCUT2D eigenvalue weighted by Gasteiger charge is 2.14. The molecule has 90 valence electrons. The molecule has 0 radical (unpaired) electrons. The van der Waals surface area contributed by atoms with Gasteiger partial charge in [-0.3, -0.25) is 14.2 Å². The Kier molecular flexibility index (Phi) is 2.60. The van der Waals surface area contributed by atoms with Gasteiger partial charge in [0.05, 0.1) is 12.1 Å². The molecule has 0 fully saturated rings. The SMILES string of the molecule is O=C(Cn1ccsc1=O)c1coc2ccccc12. The number of ketones is 1. The molecule has 2 heterocycles. The van der Waals surface area contributed by atoms with Gasteiger partial charge in [-0.05, 0) is 6.07 Å². The summed E-state index contributed by atoms with van der Waals surface area (Å²) in [5, 5.41) is 2.45. The van der Waals surface area contributed by atoms with E-state index in [2.05, 4.69) is 0 Å². The molecule has 0 bridgehead atoms. The van der Waals surface area contributed by atoms with E-state index in [9.17, 15) is 9.59 Å². The molecular weight excluding hydrogens is 250 g/mol. The van der Waals surface area contributed by atoms with Crippen LogP contribution in [0.2, 0.25) is 0 Å². The standard InChI is InChI=1S/C13H9NO3S/c15-11(7-14-5-6-18-13(14)16)10-8-17-12-4-2-1-3-9(10)12/h1-6,8H,7H2. The number of benzene rings is 1. The monoisotopic (exact) mass is 259 g/mol. The first-order chi connectivity index (χ1) is 8.75. The Labute approximate surface area is 106 Å². The third-order valence-corrected chi connectivity index (χ3v) is 3.43. The van der Waals surface area contributed by atoms with E-state index in [1.165, 1.54) is 10.8 Å². The maximum Gasteiger partial charge on any atom is 0.307 e. The smallest absolute Gasteiger partial charge is 0.307 e. The second-order valence-electron chi connectivity index (χ2n) is 3.87. The van der Waals surface area contributed by atoms with E-state index < -0.39 is 0 Å². The van der Waals surface area contributed by atoms with Crippen molar-refractivity contribution >= 4 is 28.1 Å². The predicted octanol–water partition coefficient (Wildman–Crippen LogP) is 2.54. The summed E-state index contributed by atoms with van der Waals surface area (Å²) in [4.78, 5) is 23.4. The summed E-state index contributed by atoms with van der Waals surface area (Å²) in [6.45, 7) is 0.0475. The molecule has 5 heteroatoms. The Balaban J connectivity index is 1.98. The molecule has 3 aromatic rings. The van der Waals surface area contributed by atoms with Crippen molar-refractivity contribution in [3.8, 4) is 0 Å². The number of fused-ring (bicyclic) bond motifs is 1. The highest BCUT2D eigenvalue weighted by molar-refractivity contribution is 7.07. The molecule has 18 heavy (non-hydrogen) atoms. The number of hydrogen-bond acceptors (Lipinski definition) is 4. The van der Waals surface area contributed by atoms with Gasteiger partial charge in [-0.25, -0.2) is 0 Å². The van der Waals surface area contributed by atoms with E-state index in [0.29, 0.717) is 11.1 Å². The largest absolute Gasteiger partial charge is 0.464 e. The Bertz CT molecular complexity index is 765. The molecule has 0 aliphatic carbocycles. The summed E-state index contributed by atoms with van der Waals surface area (Å²) < 4.78 is 6.71. The summed E-state index contributed by atoms with van der Waals surface area (Å²) in [6, 6.07) is 7.35. The lowest BCUT2D eigenvalue weighted by Crippen LogP contribution is -2.18. The Morgan fingerprint density at radius 3 is 2.94 bits per heavy atom. The predicted molar refractivity (Wildman–Crippen MR) is 69.1 cm³/mol. The molecule has 0 atom stereocenters. The van der Waals surface area contributed by atoms with Crippen LogP contribution in [0.4, 0.5) is 0 Å². The van der Waals surface area contributed by atoms with Crippen LogP contribution in [0, 0.1) is 0 Å². The van der Waals surface area contributed by atoms with Gasteiger partial charge in [-0.1, -0.05) is 29.5 Å². The number of nitrogens with zero attached hydrogens (tertiary/aromatic N) is 1. The highest BCUT2D eigenvalue weighted by Crippen LogP contribution is 2.21. The minimum Gasteiger partial charge on any atom is -0.464 e. The van der Waals surface area contributed by atoms with Crippen molar-refractivity contribution in [1.29, 1.82) is 0 Å². The van der Waals surface area contributed by atoms with E-state index in [1.54, 1.807) is 11.6 Å². The van der Waals surface area contributed by atoms with E-state index in [4.69, 9.17) is 4.42 Å². The Hall–Kier alpha value is -2.14. The first kappa shape index (κ1) is 11.0. The lowest BCUT2D eigenvalue weighted by Gasteiger charge is -1.98. The number of para-hydroxylation sites is 1.